The molecule has 1 unspecified atom stereocenters. The molecule has 0 aliphatic heterocycles. The second kappa shape index (κ2) is 10.0. The maximum atomic E-state index is 13.2. The monoisotopic (exact) mass is 472 g/mol. The zero-order valence-corrected chi connectivity index (χ0v) is 19.1. The van der Waals surface area contributed by atoms with Crippen LogP contribution in [-0.4, -0.2) is 34.6 Å². The normalized spacial score (nSPS) is 13.6. The molecular weight excluding hydrogens is 445 g/mol. The summed E-state index contributed by atoms with van der Waals surface area (Å²) < 4.78 is 71.5. The highest BCUT2D eigenvalue weighted by atomic mass is 32.2. The smallest absolute Gasteiger partial charge is 0.383 e. The Labute approximate surface area is 186 Å². The number of carbonyl (C=O) groups is 1. The quantitative estimate of drug-likeness (QED) is 0.566. The first-order valence-corrected chi connectivity index (χ1v) is 11.3. The second-order valence-corrected chi connectivity index (χ2v) is 10.1. The second-order valence-electron chi connectivity index (χ2n) is 8.31. The highest BCUT2D eigenvalue weighted by Crippen LogP contribution is 2.36. The highest BCUT2D eigenvalue weighted by Gasteiger charge is 2.33. The molecule has 2 N–H and O–H groups in total. The third kappa shape index (κ3) is 6.78. The Morgan fingerprint density at radius 2 is 1.72 bits per heavy atom. The Morgan fingerprint density at radius 1 is 1.06 bits per heavy atom. The van der Waals surface area contributed by atoms with E-state index in [9.17, 15) is 26.4 Å². The molecule has 0 radical (unpaired) electrons. The minimum atomic E-state index is -4.51. The van der Waals surface area contributed by atoms with Crippen molar-refractivity contribution in [3.05, 3.63) is 65.2 Å². The summed E-state index contributed by atoms with van der Waals surface area (Å²) in [6.45, 7) is 5.62. The van der Waals surface area contributed by atoms with Crippen LogP contribution in [0.4, 0.5) is 13.2 Å². The van der Waals surface area contributed by atoms with Gasteiger partial charge >= 0.3 is 6.18 Å². The van der Waals surface area contributed by atoms with E-state index in [0.717, 1.165) is 12.1 Å². The Bertz CT molecular complexity index is 1050. The van der Waals surface area contributed by atoms with E-state index in [4.69, 9.17) is 4.74 Å². The van der Waals surface area contributed by atoms with Crippen molar-refractivity contribution in [1.29, 1.82) is 0 Å². The minimum absolute atomic E-state index is 0.0664. The zero-order chi connectivity index (χ0) is 24.2. The molecule has 0 saturated heterocycles. The lowest BCUT2D eigenvalue weighted by molar-refractivity contribution is -0.137. The van der Waals surface area contributed by atoms with Crippen LogP contribution in [0.1, 0.15) is 48.3 Å². The van der Waals surface area contributed by atoms with Gasteiger partial charge in [0.15, 0.2) is 0 Å². The van der Waals surface area contributed by atoms with Crippen molar-refractivity contribution in [2.24, 2.45) is 5.41 Å². The van der Waals surface area contributed by atoms with Gasteiger partial charge in [-0.15, -0.1) is 0 Å². The summed E-state index contributed by atoms with van der Waals surface area (Å²) in [7, 11) is -2.41. The van der Waals surface area contributed by atoms with Crippen LogP contribution in [0.25, 0.3) is 0 Å². The lowest BCUT2D eigenvalue weighted by Gasteiger charge is -2.32. The van der Waals surface area contributed by atoms with E-state index < -0.39 is 39.1 Å². The summed E-state index contributed by atoms with van der Waals surface area (Å²) in [6, 6.07) is 9.47. The van der Waals surface area contributed by atoms with Crippen molar-refractivity contribution >= 4 is 15.9 Å². The maximum absolute atomic E-state index is 13.2. The molecule has 2 rings (SSSR count). The maximum Gasteiger partial charge on any atom is 0.416 e. The van der Waals surface area contributed by atoms with Crippen LogP contribution >= 0.6 is 0 Å². The van der Waals surface area contributed by atoms with Gasteiger partial charge in [0.05, 0.1) is 23.1 Å². The number of hydrogen-bond donors (Lipinski definition) is 2. The number of sulfonamides is 1. The van der Waals surface area contributed by atoms with E-state index in [1.54, 1.807) is 20.8 Å². The standard InChI is InChI=1S/C22H27F3N2O4S/c1-21(2,3)19(15-7-5-9-17(13-15)22(23,24)25)27-20(28)16-8-6-10-18(14-16)32(29,30)26-11-12-31-4/h5-10,13-14,19,26H,11-12H2,1-4H3,(H,27,28). The summed E-state index contributed by atoms with van der Waals surface area (Å²) in [5, 5.41) is 2.76. The number of benzene rings is 2. The van der Waals surface area contributed by atoms with Gasteiger partial charge < -0.3 is 10.1 Å². The molecule has 32 heavy (non-hydrogen) atoms. The molecule has 0 spiro atoms. The minimum Gasteiger partial charge on any atom is -0.383 e. The summed E-state index contributed by atoms with van der Waals surface area (Å²) in [5.41, 5.74) is -1.06. The van der Waals surface area contributed by atoms with Crippen LogP contribution in [0.5, 0.6) is 0 Å². The van der Waals surface area contributed by atoms with Gasteiger partial charge in [0.1, 0.15) is 0 Å². The molecule has 6 nitrogen and oxygen atoms in total. The Balaban J connectivity index is 2.33. The molecule has 0 saturated carbocycles. The number of alkyl halides is 3. The number of carbonyl (C=O) groups excluding carboxylic acids is 1. The van der Waals surface area contributed by atoms with Gasteiger partial charge in [-0.1, -0.05) is 39.0 Å². The van der Waals surface area contributed by atoms with Crippen molar-refractivity contribution in [3.63, 3.8) is 0 Å². The first-order valence-electron chi connectivity index (χ1n) is 9.82. The predicted octanol–water partition coefficient (Wildman–Crippen LogP) is 4.15. The highest BCUT2D eigenvalue weighted by molar-refractivity contribution is 7.89. The molecule has 0 aliphatic carbocycles. The van der Waals surface area contributed by atoms with Crippen LogP contribution in [0, 0.1) is 5.41 Å². The zero-order valence-electron chi connectivity index (χ0n) is 18.3. The molecule has 0 bridgehead atoms. The third-order valence-electron chi connectivity index (χ3n) is 4.69. The molecule has 0 fully saturated rings. The van der Waals surface area contributed by atoms with Gasteiger partial charge in [-0.3, -0.25) is 4.79 Å². The fourth-order valence-corrected chi connectivity index (χ4v) is 4.13. The van der Waals surface area contributed by atoms with E-state index in [1.807, 2.05) is 0 Å². The molecule has 2 aromatic carbocycles. The summed E-state index contributed by atoms with van der Waals surface area (Å²) in [5.74, 6) is -0.601. The van der Waals surface area contributed by atoms with E-state index >= 15 is 0 Å². The number of hydrogen-bond acceptors (Lipinski definition) is 4. The van der Waals surface area contributed by atoms with Crippen molar-refractivity contribution in [3.8, 4) is 0 Å². The Hall–Kier alpha value is -2.43. The third-order valence-corrected chi connectivity index (χ3v) is 6.15. The summed E-state index contributed by atoms with van der Waals surface area (Å²) in [4.78, 5) is 12.8. The van der Waals surface area contributed by atoms with Gasteiger partial charge in [-0.05, 0) is 41.3 Å². The number of amides is 1. The van der Waals surface area contributed by atoms with Crippen LogP contribution in [0.2, 0.25) is 0 Å². The van der Waals surface area contributed by atoms with Gasteiger partial charge in [0.25, 0.3) is 5.91 Å². The average molecular weight is 473 g/mol. The van der Waals surface area contributed by atoms with Crippen LogP contribution in [0.3, 0.4) is 0 Å². The molecule has 1 atom stereocenters. The van der Waals surface area contributed by atoms with Crippen molar-refractivity contribution in [2.75, 3.05) is 20.3 Å². The lowest BCUT2D eigenvalue weighted by Crippen LogP contribution is -2.37. The first kappa shape index (κ1) is 25.8. The SMILES string of the molecule is COCCNS(=O)(=O)c1cccc(C(=O)NC(c2cccc(C(F)(F)F)c2)C(C)(C)C)c1. The van der Waals surface area contributed by atoms with Crippen molar-refractivity contribution in [1.82, 2.24) is 10.0 Å². The number of methoxy groups -OCH3 is 1. The van der Waals surface area contributed by atoms with Gasteiger partial charge in [0.2, 0.25) is 10.0 Å². The van der Waals surface area contributed by atoms with E-state index in [-0.39, 0.29) is 23.6 Å². The largest absolute Gasteiger partial charge is 0.416 e. The van der Waals surface area contributed by atoms with Gasteiger partial charge in [0, 0.05) is 19.2 Å². The molecule has 10 heteroatoms. The molecular formula is C22H27F3N2O4S. The molecule has 0 aromatic heterocycles. The summed E-state index contributed by atoms with van der Waals surface area (Å²) in [6.07, 6.45) is -4.51. The van der Waals surface area contributed by atoms with E-state index in [0.29, 0.717) is 5.56 Å². The number of halogens is 3. The fraction of sp³-hybridized carbons (Fsp3) is 0.409. The lowest BCUT2D eigenvalue weighted by atomic mass is 9.81. The van der Waals surface area contributed by atoms with Crippen LogP contribution in [-0.2, 0) is 20.9 Å². The predicted molar refractivity (Wildman–Crippen MR) is 115 cm³/mol. The van der Waals surface area contributed by atoms with Crippen LogP contribution < -0.4 is 10.0 Å². The molecule has 0 heterocycles. The Kier molecular flexibility index (Phi) is 8.08. The topological polar surface area (TPSA) is 84.5 Å². The van der Waals surface area contributed by atoms with E-state index in [2.05, 4.69) is 10.0 Å². The molecule has 0 aliphatic rings. The summed E-state index contributed by atoms with van der Waals surface area (Å²) >= 11 is 0. The first-order chi connectivity index (χ1) is 14.8. The fourth-order valence-electron chi connectivity index (χ4n) is 3.07. The van der Waals surface area contributed by atoms with Crippen LogP contribution in [0.15, 0.2) is 53.4 Å². The van der Waals surface area contributed by atoms with Crippen molar-refractivity contribution < 1.29 is 31.1 Å². The Morgan fingerprint density at radius 3 is 2.31 bits per heavy atom. The van der Waals surface area contributed by atoms with Gasteiger partial charge in [-0.25, -0.2) is 13.1 Å². The molecule has 176 valence electrons. The molecule has 2 aromatic rings. The van der Waals surface area contributed by atoms with Gasteiger partial charge in [-0.2, -0.15) is 13.2 Å². The number of nitrogens with one attached hydrogen (secondary N) is 2. The number of ether oxygens (including phenoxy) is 1. The van der Waals surface area contributed by atoms with Crippen molar-refractivity contribution in [2.45, 2.75) is 37.9 Å². The average Bonchev–Trinajstić information content (AvgIpc) is 2.70. The molecule has 1 amide bonds. The van der Waals surface area contributed by atoms with E-state index in [1.165, 1.54) is 43.5 Å². The number of rotatable bonds is 8.